The number of halogens is 1. The summed E-state index contributed by atoms with van der Waals surface area (Å²) in [6, 6.07) is 4.90. The van der Waals surface area contributed by atoms with Crippen LogP contribution in [0.3, 0.4) is 0 Å². The topological polar surface area (TPSA) is 109 Å². The van der Waals surface area contributed by atoms with E-state index in [1.54, 1.807) is 18.5 Å². The molecule has 33 heavy (non-hydrogen) atoms. The van der Waals surface area contributed by atoms with E-state index < -0.39 is 11.7 Å². The zero-order valence-corrected chi connectivity index (χ0v) is 18.8. The Morgan fingerprint density at radius 2 is 2.18 bits per heavy atom. The van der Waals surface area contributed by atoms with Crippen molar-refractivity contribution < 1.29 is 9.18 Å². The highest BCUT2D eigenvalue weighted by Crippen LogP contribution is 2.46. The van der Waals surface area contributed by atoms with Crippen LogP contribution >= 0.6 is 0 Å². The Kier molecular flexibility index (Phi) is 5.83. The third-order valence-corrected chi connectivity index (χ3v) is 7.39. The predicted molar refractivity (Wildman–Crippen MR) is 127 cm³/mol. The van der Waals surface area contributed by atoms with Crippen molar-refractivity contribution >= 4 is 34.2 Å². The monoisotopic (exact) mass is 448 g/mol. The molecule has 3 aromatic rings. The largest absolute Gasteiger partial charge is 0.365 e. The molecule has 3 atom stereocenters. The molecule has 0 saturated heterocycles. The Hall–Kier alpha value is -3.29. The first-order chi connectivity index (χ1) is 16.0. The number of H-pyrrole nitrogens is 1. The number of hydrogen-bond donors (Lipinski definition) is 3. The molecule has 2 saturated carbocycles. The van der Waals surface area contributed by atoms with Gasteiger partial charge in [-0.2, -0.15) is 0 Å². The SMILES string of the molecule is CN=C1CCCCC1[C@@H]1CCC1Cc1nc(Nc2ccnc3[nH]ccc23)c(C(N)=O)cc1F. The highest BCUT2D eigenvalue weighted by Gasteiger charge is 2.40. The average molecular weight is 449 g/mol. The van der Waals surface area contributed by atoms with Crippen LogP contribution in [0.2, 0.25) is 0 Å². The molecule has 3 aromatic heterocycles. The highest BCUT2D eigenvalue weighted by molar-refractivity contribution is 6.00. The molecule has 1 amide bonds. The van der Waals surface area contributed by atoms with Gasteiger partial charge in [0.1, 0.15) is 17.3 Å². The van der Waals surface area contributed by atoms with Gasteiger partial charge in [-0.25, -0.2) is 14.4 Å². The molecule has 2 unspecified atom stereocenters. The van der Waals surface area contributed by atoms with Gasteiger partial charge in [-0.05, 0) is 74.5 Å². The Morgan fingerprint density at radius 1 is 1.30 bits per heavy atom. The van der Waals surface area contributed by atoms with E-state index in [1.165, 1.54) is 31.0 Å². The van der Waals surface area contributed by atoms with Crippen molar-refractivity contribution in [3.05, 3.63) is 47.7 Å². The van der Waals surface area contributed by atoms with Gasteiger partial charge in [0, 0.05) is 30.5 Å². The maximum absolute atomic E-state index is 15.0. The third-order valence-electron chi connectivity index (χ3n) is 7.39. The van der Waals surface area contributed by atoms with Crippen molar-refractivity contribution in [2.45, 2.75) is 44.9 Å². The second-order valence-electron chi connectivity index (χ2n) is 9.17. The molecular formula is C25H29FN6O. The summed E-state index contributed by atoms with van der Waals surface area (Å²) < 4.78 is 15.0. The van der Waals surface area contributed by atoms with Crippen LogP contribution in [0.25, 0.3) is 11.0 Å². The van der Waals surface area contributed by atoms with Crippen LogP contribution in [0.4, 0.5) is 15.9 Å². The molecule has 5 rings (SSSR count). The summed E-state index contributed by atoms with van der Waals surface area (Å²) in [7, 11) is 1.89. The number of aromatic amines is 1. The van der Waals surface area contributed by atoms with Gasteiger partial charge in [0.15, 0.2) is 0 Å². The molecule has 7 nitrogen and oxygen atoms in total. The van der Waals surface area contributed by atoms with E-state index in [2.05, 4.69) is 25.3 Å². The van der Waals surface area contributed by atoms with Crippen LogP contribution < -0.4 is 11.1 Å². The number of hydrogen-bond acceptors (Lipinski definition) is 5. The number of primary amides is 1. The number of fused-ring (bicyclic) bond motifs is 1. The van der Waals surface area contributed by atoms with Crippen molar-refractivity contribution in [3.8, 4) is 0 Å². The smallest absolute Gasteiger partial charge is 0.252 e. The zero-order valence-electron chi connectivity index (χ0n) is 18.8. The molecule has 2 fully saturated rings. The fourth-order valence-electron chi connectivity index (χ4n) is 5.54. The third kappa shape index (κ3) is 4.10. The van der Waals surface area contributed by atoms with E-state index in [4.69, 9.17) is 5.73 Å². The van der Waals surface area contributed by atoms with Crippen LogP contribution in [0.15, 0.2) is 35.6 Å². The molecule has 0 aliphatic heterocycles. The van der Waals surface area contributed by atoms with Crippen molar-refractivity contribution in [3.63, 3.8) is 0 Å². The molecule has 172 valence electrons. The number of anilines is 2. The van der Waals surface area contributed by atoms with Crippen molar-refractivity contribution in [2.75, 3.05) is 12.4 Å². The second kappa shape index (κ2) is 8.92. The summed E-state index contributed by atoms with van der Waals surface area (Å²) in [6.45, 7) is 0. The maximum atomic E-state index is 15.0. The number of pyridine rings is 2. The fourth-order valence-corrected chi connectivity index (χ4v) is 5.54. The molecular weight excluding hydrogens is 419 g/mol. The summed E-state index contributed by atoms with van der Waals surface area (Å²) in [5.74, 6) is 0.481. The Balaban J connectivity index is 1.43. The van der Waals surface area contributed by atoms with Crippen molar-refractivity contribution in [1.29, 1.82) is 0 Å². The summed E-state index contributed by atoms with van der Waals surface area (Å²) in [5.41, 5.74) is 8.72. The van der Waals surface area contributed by atoms with E-state index in [0.29, 0.717) is 35.5 Å². The molecule has 4 N–H and O–H groups in total. The summed E-state index contributed by atoms with van der Waals surface area (Å²) >= 11 is 0. The van der Waals surface area contributed by atoms with E-state index >= 15 is 4.39 Å². The average Bonchev–Trinajstić information content (AvgIpc) is 3.28. The van der Waals surface area contributed by atoms with Crippen LogP contribution in [0.5, 0.6) is 0 Å². The first-order valence-corrected chi connectivity index (χ1v) is 11.7. The number of nitrogens with zero attached hydrogens (tertiary/aromatic N) is 3. The molecule has 2 aliphatic rings. The number of aromatic nitrogens is 3. The molecule has 8 heteroatoms. The minimum absolute atomic E-state index is 0.0367. The van der Waals surface area contributed by atoms with Gasteiger partial charge in [-0.1, -0.05) is 6.42 Å². The lowest BCUT2D eigenvalue weighted by Crippen LogP contribution is -2.39. The number of rotatable bonds is 6. The number of carbonyl (C=O) groups excluding carboxylic acids is 1. The number of nitrogens with one attached hydrogen (secondary N) is 2. The molecule has 0 radical (unpaired) electrons. The van der Waals surface area contributed by atoms with Gasteiger partial charge in [0.25, 0.3) is 5.91 Å². The second-order valence-corrected chi connectivity index (χ2v) is 9.17. The highest BCUT2D eigenvalue weighted by atomic mass is 19.1. The summed E-state index contributed by atoms with van der Waals surface area (Å²) in [5, 5.41) is 4.04. The van der Waals surface area contributed by atoms with Crippen LogP contribution in [-0.4, -0.2) is 33.6 Å². The van der Waals surface area contributed by atoms with Gasteiger partial charge in [0.2, 0.25) is 0 Å². The molecule has 3 heterocycles. The lowest BCUT2D eigenvalue weighted by molar-refractivity contribution is 0.1000. The van der Waals surface area contributed by atoms with E-state index in [-0.39, 0.29) is 11.4 Å². The van der Waals surface area contributed by atoms with Crippen LogP contribution in [0, 0.1) is 23.6 Å². The minimum Gasteiger partial charge on any atom is -0.365 e. The van der Waals surface area contributed by atoms with Gasteiger partial charge >= 0.3 is 0 Å². The quantitative estimate of drug-likeness (QED) is 0.505. The predicted octanol–water partition coefficient (Wildman–Crippen LogP) is 4.77. The maximum Gasteiger partial charge on any atom is 0.252 e. The summed E-state index contributed by atoms with van der Waals surface area (Å²) in [6.07, 6.45) is 10.9. The molecule has 0 bridgehead atoms. The van der Waals surface area contributed by atoms with Gasteiger partial charge in [-0.3, -0.25) is 9.79 Å². The number of amides is 1. The Bertz CT molecular complexity index is 1220. The minimum atomic E-state index is -0.720. The van der Waals surface area contributed by atoms with Crippen LogP contribution in [-0.2, 0) is 6.42 Å². The molecule has 0 aromatic carbocycles. The Morgan fingerprint density at radius 3 is 2.94 bits per heavy atom. The van der Waals surface area contributed by atoms with Crippen LogP contribution in [0.1, 0.15) is 54.6 Å². The Labute approximate surface area is 192 Å². The van der Waals surface area contributed by atoms with Crippen molar-refractivity contribution in [1.82, 2.24) is 15.0 Å². The lowest BCUT2D eigenvalue weighted by Gasteiger charge is -2.44. The molecule has 2 aliphatic carbocycles. The number of aliphatic imine (C=N–C) groups is 1. The first-order valence-electron chi connectivity index (χ1n) is 11.7. The number of nitrogens with two attached hydrogens (primary N) is 1. The summed E-state index contributed by atoms with van der Waals surface area (Å²) in [4.78, 5) is 28.5. The standard InChI is InChI=1S/C25H29FN6O/c1-28-20-5-3-2-4-16(20)15-7-6-14(15)12-22-19(26)13-18(23(27)33)25(32-22)31-21-9-11-30-24-17(21)8-10-29-24/h8-11,13-16H,2-7,12H2,1H3,(H2,27,33)(H2,29,30,31,32)/t14?,15-,16?/m1/s1. The van der Waals surface area contributed by atoms with E-state index in [0.717, 1.165) is 30.3 Å². The number of carbonyl (C=O) groups is 1. The van der Waals surface area contributed by atoms with Gasteiger partial charge in [-0.15, -0.1) is 0 Å². The fraction of sp³-hybridized carbons (Fsp3) is 0.440. The van der Waals surface area contributed by atoms with Gasteiger partial charge in [0.05, 0.1) is 16.9 Å². The first kappa shape index (κ1) is 21.6. The van der Waals surface area contributed by atoms with E-state index in [9.17, 15) is 4.79 Å². The zero-order chi connectivity index (χ0) is 22.9. The normalized spacial score (nSPS) is 24.1. The lowest BCUT2D eigenvalue weighted by atomic mass is 9.61. The van der Waals surface area contributed by atoms with E-state index in [1.807, 2.05) is 13.1 Å². The van der Waals surface area contributed by atoms with Gasteiger partial charge < -0.3 is 16.0 Å². The molecule has 0 spiro atoms. The van der Waals surface area contributed by atoms with Crippen molar-refractivity contribution in [2.24, 2.45) is 28.5 Å².